The lowest BCUT2D eigenvalue weighted by atomic mass is 10.2. The van der Waals surface area contributed by atoms with Gasteiger partial charge in [0.2, 0.25) is 0 Å². The summed E-state index contributed by atoms with van der Waals surface area (Å²) in [5, 5.41) is 8.38. The van der Waals surface area contributed by atoms with Crippen LogP contribution in [0.15, 0.2) is 18.2 Å². The van der Waals surface area contributed by atoms with Crippen LogP contribution in [0.2, 0.25) is 0 Å². The molecule has 0 amide bonds. The van der Waals surface area contributed by atoms with Crippen LogP contribution in [0.1, 0.15) is 29.6 Å². The van der Waals surface area contributed by atoms with Gasteiger partial charge >= 0.3 is 0 Å². The highest BCUT2D eigenvalue weighted by Gasteiger charge is 2.08. The lowest BCUT2D eigenvalue weighted by Crippen LogP contribution is -2.01. The number of methoxy groups -OCH3 is 1. The standard InChI is InChI=1S/C13H15NO3/c1-16-12-6-5-7-13(11(12)10-15)17-9-4-2-3-8-14/h5-7,10H,2-4,9H2,1H3. The summed E-state index contributed by atoms with van der Waals surface area (Å²) < 4.78 is 10.6. The van der Waals surface area contributed by atoms with Crippen LogP contribution < -0.4 is 9.47 Å². The Morgan fingerprint density at radius 3 is 2.76 bits per heavy atom. The first-order chi connectivity index (χ1) is 8.33. The first-order valence-electron chi connectivity index (χ1n) is 5.45. The summed E-state index contributed by atoms with van der Waals surface area (Å²) in [6, 6.07) is 7.30. The number of aldehydes is 1. The Morgan fingerprint density at radius 1 is 1.35 bits per heavy atom. The molecule has 0 heterocycles. The van der Waals surface area contributed by atoms with Crippen molar-refractivity contribution in [1.29, 1.82) is 5.26 Å². The lowest BCUT2D eigenvalue weighted by molar-refractivity contribution is 0.111. The SMILES string of the molecule is COc1cccc(OCCCCC#N)c1C=O. The van der Waals surface area contributed by atoms with Crippen LogP contribution in [0.25, 0.3) is 0 Å². The van der Waals surface area contributed by atoms with Crippen LogP contribution in [0.4, 0.5) is 0 Å². The zero-order valence-electron chi connectivity index (χ0n) is 9.81. The molecule has 1 aromatic rings. The minimum atomic E-state index is 0.426. The molecule has 0 aliphatic rings. The molecule has 0 N–H and O–H groups in total. The number of hydrogen-bond donors (Lipinski definition) is 0. The molecule has 0 spiro atoms. The molecule has 0 aromatic heterocycles. The second kappa shape index (κ2) is 7.29. The summed E-state index contributed by atoms with van der Waals surface area (Å²) in [6.07, 6.45) is 2.85. The van der Waals surface area contributed by atoms with Gasteiger partial charge in [0.15, 0.2) is 6.29 Å². The van der Waals surface area contributed by atoms with E-state index in [1.807, 2.05) is 0 Å². The maximum atomic E-state index is 10.9. The van der Waals surface area contributed by atoms with E-state index in [1.54, 1.807) is 18.2 Å². The minimum Gasteiger partial charge on any atom is -0.496 e. The maximum Gasteiger partial charge on any atom is 0.157 e. The van der Waals surface area contributed by atoms with Gasteiger partial charge in [-0.3, -0.25) is 4.79 Å². The fourth-order valence-corrected chi connectivity index (χ4v) is 1.43. The van der Waals surface area contributed by atoms with Crippen LogP contribution in [-0.2, 0) is 0 Å². The number of carbonyl (C=O) groups is 1. The molecule has 0 saturated heterocycles. The predicted molar refractivity (Wildman–Crippen MR) is 63.3 cm³/mol. The molecule has 0 aliphatic heterocycles. The molecule has 0 fully saturated rings. The number of unbranched alkanes of at least 4 members (excludes halogenated alkanes) is 2. The monoisotopic (exact) mass is 233 g/mol. The van der Waals surface area contributed by atoms with Gasteiger partial charge in [-0.25, -0.2) is 0 Å². The van der Waals surface area contributed by atoms with Gasteiger partial charge in [-0.15, -0.1) is 0 Å². The zero-order chi connectivity index (χ0) is 12.5. The maximum absolute atomic E-state index is 10.9. The van der Waals surface area contributed by atoms with E-state index in [2.05, 4.69) is 6.07 Å². The van der Waals surface area contributed by atoms with Crippen molar-refractivity contribution in [2.24, 2.45) is 0 Å². The molecule has 0 unspecified atom stereocenters. The third-order valence-electron chi connectivity index (χ3n) is 2.30. The van der Waals surface area contributed by atoms with Crippen LogP contribution in [-0.4, -0.2) is 20.0 Å². The van der Waals surface area contributed by atoms with Crippen molar-refractivity contribution in [2.75, 3.05) is 13.7 Å². The molecule has 0 saturated carbocycles. The van der Waals surface area contributed by atoms with Gasteiger partial charge < -0.3 is 9.47 Å². The Balaban J connectivity index is 2.58. The number of ether oxygens (including phenoxy) is 2. The van der Waals surface area contributed by atoms with Crippen LogP contribution in [0, 0.1) is 11.3 Å². The highest BCUT2D eigenvalue weighted by atomic mass is 16.5. The van der Waals surface area contributed by atoms with Crippen LogP contribution in [0.3, 0.4) is 0 Å². The molecular formula is C13H15NO3. The molecule has 1 rings (SSSR count). The van der Waals surface area contributed by atoms with Gasteiger partial charge in [-0.1, -0.05) is 6.07 Å². The van der Waals surface area contributed by atoms with E-state index in [0.29, 0.717) is 30.1 Å². The Hall–Kier alpha value is -2.02. The third kappa shape index (κ3) is 3.80. The number of benzene rings is 1. The van der Waals surface area contributed by atoms with Gasteiger partial charge in [0.1, 0.15) is 11.5 Å². The highest BCUT2D eigenvalue weighted by Crippen LogP contribution is 2.26. The van der Waals surface area contributed by atoms with Gasteiger partial charge in [-0.2, -0.15) is 5.26 Å². The van der Waals surface area contributed by atoms with Crippen molar-refractivity contribution >= 4 is 6.29 Å². The minimum absolute atomic E-state index is 0.426. The molecule has 0 radical (unpaired) electrons. The molecule has 4 nitrogen and oxygen atoms in total. The molecule has 17 heavy (non-hydrogen) atoms. The average molecular weight is 233 g/mol. The van der Waals surface area contributed by atoms with E-state index in [0.717, 1.165) is 19.1 Å². The first kappa shape index (κ1) is 13.0. The van der Waals surface area contributed by atoms with Gasteiger partial charge in [0, 0.05) is 6.42 Å². The lowest BCUT2D eigenvalue weighted by Gasteiger charge is -2.10. The Bertz CT molecular complexity index is 410. The summed E-state index contributed by atoms with van der Waals surface area (Å²) >= 11 is 0. The van der Waals surface area contributed by atoms with Gasteiger partial charge in [-0.05, 0) is 25.0 Å². The van der Waals surface area contributed by atoms with E-state index >= 15 is 0 Å². The van der Waals surface area contributed by atoms with Crippen LogP contribution >= 0.6 is 0 Å². The molecule has 0 aliphatic carbocycles. The van der Waals surface area contributed by atoms with Crippen molar-refractivity contribution in [2.45, 2.75) is 19.3 Å². The van der Waals surface area contributed by atoms with Gasteiger partial charge in [0.25, 0.3) is 0 Å². The normalized spacial score (nSPS) is 9.41. The molecule has 90 valence electrons. The fraction of sp³-hybridized carbons (Fsp3) is 0.385. The topological polar surface area (TPSA) is 59.3 Å². The second-order valence-corrected chi connectivity index (χ2v) is 3.45. The fourth-order valence-electron chi connectivity index (χ4n) is 1.43. The summed E-state index contributed by atoms with van der Waals surface area (Å²) in [5.74, 6) is 1.03. The van der Waals surface area contributed by atoms with E-state index in [-0.39, 0.29) is 0 Å². The summed E-state index contributed by atoms with van der Waals surface area (Å²) in [7, 11) is 1.51. The van der Waals surface area contributed by atoms with Gasteiger partial charge in [0.05, 0.1) is 25.3 Å². The number of nitrogens with zero attached hydrogens (tertiary/aromatic N) is 1. The van der Waals surface area contributed by atoms with E-state index in [1.165, 1.54) is 7.11 Å². The number of rotatable bonds is 7. The Morgan fingerprint density at radius 2 is 2.12 bits per heavy atom. The van der Waals surface area contributed by atoms with E-state index < -0.39 is 0 Å². The summed E-state index contributed by atoms with van der Waals surface area (Å²) in [5.41, 5.74) is 0.426. The van der Waals surface area contributed by atoms with Crippen molar-refractivity contribution < 1.29 is 14.3 Å². The highest BCUT2D eigenvalue weighted by molar-refractivity contribution is 5.83. The van der Waals surface area contributed by atoms with E-state index in [9.17, 15) is 4.79 Å². The first-order valence-corrected chi connectivity index (χ1v) is 5.45. The summed E-state index contributed by atoms with van der Waals surface area (Å²) in [4.78, 5) is 10.9. The van der Waals surface area contributed by atoms with E-state index in [4.69, 9.17) is 14.7 Å². The third-order valence-corrected chi connectivity index (χ3v) is 2.30. The Kier molecular flexibility index (Phi) is 5.59. The van der Waals surface area contributed by atoms with Crippen LogP contribution in [0.5, 0.6) is 11.5 Å². The summed E-state index contributed by atoms with van der Waals surface area (Å²) in [6.45, 7) is 0.496. The smallest absolute Gasteiger partial charge is 0.157 e. The number of hydrogen-bond acceptors (Lipinski definition) is 4. The number of nitriles is 1. The molecular weight excluding hydrogens is 218 g/mol. The van der Waals surface area contributed by atoms with Crippen molar-refractivity contribution in [3.05, 3.63) is 23.8 Å². The molecule has 0 atom stereocenters. The van der Waals surface area contributed by atoms with Crippen molar-refractivity contribution in [3.63, 3.8) is 0 Å². The second-order valence-electron chi connectivity index (χ2n) is 3.45. The molecule has 4 heteroatoms. The predicted octanol–water partition coefficient (Wildman–Crippen LogP) is 2.58. The Labute approximate surface area is 101 Å². The average Bonchev–Trinajstić information content (AvgIpc) is 2.38. The zero-order valence-corrected chi connectivity index (χ0v) is 9.81. The molecule has 1 aromatic carbocycles. The number of carbonyl (C=O) groups excluding carboxylic acids is 1. The quantitative estimate of drug-likeness (QED) is 0.536. The van der Waals surface area contributed by atoms with Crippen molar-refractivity contribution in [3.8, 4) is 17.6 Å². The molecule has 0 bridgehead atoms. The van der Waals surface area contributed by atoms with Crippen molar-refractivity contribution in [1.82, 2.24) is 0 Å². The largest absolute Gasteiger partial charge is 0.496 e.